The van der Waals surface area contributed by atoms with Crippen molar-refractivity contribution in [3.05, 3.63) is 53.9 Å². The monoisotopic (exact) mass is 451 g/mol. The number of carbonyl (C=O) groups excluding carboxylic acids is 2. The van der Waals surface area contributed by atoms with Crippen LogP contribution in [0.4, 0.5) is 5.69 Å². The minimum Gasteiger partial charge on any atom is -0.487 e. The first kappa shape index (κ1) is 21.9. The summed E-state index contributed by atoms with van der Waals surface area (Å²) < 4.78 is 12.1. The SMILES string of the molecule is O=C(C[C@@H]1C[C@@H]2c3cc(NC(=O)CC4CC4)ccc3O[C@@H]2[C@H](CO)O1)NCc1cccnc1. The number of fused-ring (bicyclic) bond motifs is 3. The molecule has 0 spiro atoms. The van der Waals surface area contributed by atoms with E-state index in [4.69, 9.17) is 9.47 Å². The van der Waals surface area contributed by atoms with E-state index in [1.165, 1.54) is 0 Å². The van der Waals surface area contributed by atoms with Gasteiger partial charge in [-0.25, -0.2) is 0 Å². The summed E-state index contributed by atoms with van der Waals surface area (Å²) in [6.45, 7) is 0.221. The highest BCUT2D eigenvalue weighted by molar-refractivity contribution is 5.91. The number of ether oxygens (including phenoxy) is 2. The van der Waals surface area contributed by atoms with Crippen molar-refractivity contribution in [3.63, 3.8) is 0 Å². The van der Waals surface area contributed by atoms with Crippen molar-refractivity contribution in [3.8, 4) is 5.75 Å². The van der Waals surface area contributed by atoms with Crippen LogP contribution in [0.15, 0.2) is 42.7 Å². The number of anilines is 1. The molecular weight excluding hydrogens is 422 g/mol. The van der Waals surface area contributed by atoms with Crippen molar-refractivity contribution < 1.29 is 24.2 Å². The standard InChI is InChI=1S/C25H29N3O5/c29-14-22-25-20(10-18(32-22)11-23(30)27-13-16-2-1-7-26-12-16)19-9-17(5-6-21(19)33-25)28-24(31)8-15-3-4-15/h1-2,5-7,9,12,15,18,20,22,25,29H,3-4,8,10-11,13-14H2,(H,27,30)(H,28,31)/t18-,20+,22-,25-/m0/s1. The smallest absolute Gasteiger partial charge is 0.224 e. The summed E-state index contributed by atoms with van der Waals surface area (Å²) in [6, 6.07) is 9.41. The summed E-state index contributed by atoms with van der Waals surface area (Å²) in [4.78, 5) is 28.8. The minimum absolute atomic E-state index is 0.0118. The fourth-order valence-electron chi connectivity index (χ4n) is 4.75. The summed E-state index contributed by atoms with van der Waals surface area (Å²) in [5.74, 6) is 1.18. The second kappa shape index (κ2) is 9.49. The van der Waals surface area contributed by atoms with Crippen molar-refractivity contribution in [1.29, 1.82) is 0 Å². The van der Waals surface area contributed by atoms with E-state index in [-0.39, 0.29) is 43.0 Å². The highest BCUT2D eigenvalue weighted by Gasteiger charge is 2.46. The molecule has 1 aliphatic carbocycles. The maximum atomic E-state index is 12.5. The van der Waals surface area contributed by atoms with E-state index in [1.54, 1.807) is 12.4 Å². The molecule has 1 saturated heterocycles. The molecule has 8 heteroatoms. The molecule has 3 N–H and O–H groups in total. The van der Waals surface area contributed by atoms with E-state index >= 15 is 0 Å². The maximum Gasteiger partial charge on any atom is 0.224 e. The van der Waals surface area contributed by atoms with Gasteiger partial charge < -0.3 is 25.2 Å². The lowest BCUT2D eigenvalue weighted by Gasteiger charge is -2.37. The normalized spacial score (nSPS) is 25.5. The van der Waals surface area contributed by atoms with Crippen LogP contribution >= 0.6 is 0 Å². The Kier molecular flexibility index (Phi) is 6.28. The minimum atomic E-state index is -0.514. The average molecular weight is 452 g/mol. The maximum absolute atomic E-state index is 12.5. The van der Waals surface area contributed by atoms with Gasteiger partial charge >= 0.3 is 0 Å². The molecule has 5 rings (SSSR count). The molecule has 4 atom stereocenters. The molecule has 0 radical (unpaired) electrons. The van der Waals surface area contributed by atoms with E-state index in [0.29, 0.717) is 25.3 Å². The highest BCUT2D eigenvalue weighted by atomic mass is 16.6. The Morgan fingerprint density at radius 1 is 1.15 bits per heavy atom. The number of nitrogens with one attached hydrogen (secondary N) is 2. The van der Waals surface area contributed by atoms with Gasteiger partial charge in [-0.15, -0.1) is 0 Å². The quantitative estimate of drug-likeness (QED) is 0.569. The summed E-state index contributed by atoms with van der Waals surface area (Å²) >= 11 is 0. The molecular formula is C25H29N3O5. The number of amides is 2. The van der Waals surface area contributed by atoms with Crippen molar-refractivity contribution in [2.45, 2.75) is 62.9 Å². The van der Waals surface area contributed by atoms with Gasteiger partial charge in [0.15, 0.2) is 0 Å². The molecule has 3 heterocycles. The Balaban J connectivity index is 1.24. The lowest BCUT2D eigenvalue weighted by Crippen LogP contribution is -2.47. The van der Waals surface area contributed by atoms with Crippen LogP contribution in [-0.4, -0.2) is 46.8 Å². The van der Waals surface area contributed by atoms with E-state index in [1.807, 2.05) is 30.3 Å². The summed E-state index contributed by atoms with van der Waals surface area (Å²) in [5, 5.41) is 15.8. The second-order valence-corrected chi connectivity index (χ2v) is 9.19. The first-order chi connectivity index (χ1) is 16.1. The summed E-state index contributed by atoms with van der Waals surface area (Å²) in [7, 11) is 0. The van der Waals surface area contributed by atoms with Crippen molar-refractivity contribution in [2.24, 2.45) is 5.92 Å². The molecule has 1 aromatic heterocycles. The molecule has 2 aromatic rings. The fourth-order valence-corrected chi connectivity index (χ4v) is 4.75. The number of nitrogens with zero attached hydrogens (tertiary/aromatic N) is 1. The van der Waals surface area contributed by atoms with Gasteiger partial charge in [-0.2, -0.15) is 0 Å². The van der Waals surface area contributed by atoms with Crippen LogP contribution in [-0.2, 0) is 20.9 Å². The predicted molar refractivity (Wildman–Crippen MR) is 121 cm³/mol. The zero-order chi connectivity index (χ0) is 22.8. The molecule has 174 valence electrons. The molecule has 0 bridgehead atoms. The van der Waals surface area contributed by atoms with Gasteiger partial charge in [-0.3, -0.25) is 14.6 Å². The Bertz CT molecular complexity index is 1010. The zero-order valence-electron chi connectivity index (χ0n) is 18.4. The van der Waals surface area contributed by atoms with Gasteiger partial charge in [0.2, 0.25) is 11.8 Å². The highest BCUT2D eigenvalue weighted by Crippen LogP contribution is 2.47. The zero-order valence-corrected chi connectivity index (χ0v) is 18.4. The van der Waals surface area contributed by atoms with Crippen molar-refractivity contribution in [1.82, 2.24) is 10.3 Å². The van der Waals surface area contributed by atoms with Gasteiger partial charge in [0.1, 0.15) is 18.0 Å². The third-order valence-corrected chi connectivity index (χ3v) is 6.58. The Morgan fingerprint density at radius 3 is 2.79 bits per heavy atom. The van der Waals surface area contributed by atoms with Crippen LogP contribution < -0.4 is 15.4 Å². The number of hydrogen-bond acceptors (Lipinski definition) is 6. The molecule has 1 aromatic carbocycles. The lowest BCUT2D eigenvalue weighted by atomic mass is 9.84. The Morgan fingerprint density at radius 2 is 2.03 bits per heavy atom. The van der Waals surface area contributed by atoms with Gasteiger partial charge in [0, 0.05) is 42.5 Å². The molecule has 33 heavy (non-hydrogen) atoms. The number of aliphatic hydroxyl groups is 1. The van der Waals surface area contributed by atoms with E-state index in [9.17, 15) is 14.7 Å². The molecule has 2 fully saturated rings. The van der Waals surface area contributed by atoms with E-state index < -0.39 is 6.10 Å². The Hall–Kier alpha value is -2.97. The number of carbonyl (C=O) groups is 2. The number of benzene rings is 1. The Labute approximate surface area is 192 Å². The van der Waals surface area contributed by atoms with Crippen LogP contribution in [0.3, 0.4) is 0 Å². The number of aliphatic hydroxyl groups excluding tert-OH is 1. The first-order valence-electron chi connectivity index (χ1n) is 11.6. The summed E-state index contributed by atoms with van der Waals surface area (Å²) in [6.07, 6.45) is 5.90. The molecule has 3 aliphatic rings. The second-order valence-electron chi connectivity index (χ2n) is 9.19. The van der Waals surface area contributed by atoms with Crippen LogP contribution in [0.25, 0.3) is 0 Å². The largest absolute Gasteiger partial charge is 0.487 e. The van der Waals surface area contributed by atoms with E-state index in [2.05, 4.69) is 15.6 Å². The third kappa shape index (κ3) is 5.17. The van der Waals surface area contributed by atoms with Crippen LogP contribution in [0.2, 0.25) is 0 Å². The summed E-state index contributed by atoms with van der Waals surface area (Å²) in [5.41, 5.74) is 2.67. The van der Waals surface area contributed by atoms with Crippen molar-refractivity contribution in [2.75, 3.05) is 11.9 Å². The number of aromatic nitrogens is 1. The topological polar surface area (TPSA) is 110 Å². The van der Waals surface area contributed by atoms with Crippen LogP contribution in [0, 0.1) is 5.92 Å². The van der Waals surface area contributed by atoms with Gasteiger partial charge in [-0.1, -0.05) is 6.07 Å². The first-order valence-corrected chi connectivity index (χ1v) is 11.6. The average Bonchev–Trinajstić information content (AvgIpc) is 3.56. The molecule has 2 aliphatic heterocycles. The number of hydrogen-bond donors (Lipinski definition) is 3. The molecule has 2 amide bonds. The number of pyridine rings is 1. The third-order valence-electron chi connectivity index (χ3n) is 6.58. The van der Waals surface area contributed by atoms with Gasteiger partial charge in [0.25, 0.3) is 0 Å². The predicted octanol–water partition coefficient (Wildman–Crippen LogP) is 2.52. The number of rotatable bonds is 8. The van der Waals surface area contributed by atoms with Crippen LogP contribution in [0.5, 0.6) is 5.75 Å². The van der Waals surface area contributed by atoms with Gasteiger partial charge in [-0.05, 0) is 55.0 Å². The van der Waals surface area contributed by atoms with Crippen molar-refractivity contribution >= 4 is 17.5 Å². The molecule has 8 nitrogen and oxygen atoms in total. The van der Waals surface area contributed by atoms with Gasteiger partial charge in [0.05, 0.1) is 19.1 Å². The fraction of sp³-hybridized carbons (Fsp3) is 0.480. The molecule has 1 saturated carbocycles. The lowest BCUT2D eigenvalue weighted by molar-refractivity contribution is -0.142. The van der Waals surface area contributed by atoms with Crippen LogP contribution in [0.1, 0.15) is 49.1 Å². The van der Waals surface area contributed by atoms with E-state index in [0.717, 1.165) is 35.4 Å². The molecule has 0 unspecified atom stereocenters.